The minimum atomic E-state index is -3.89. The van der Waals surface area contributed by atoms with E-state index in [1.807, 2.05) is 6.92 Å². The van der Waals surface area contributed by atoms with Gasteiger partial charge < -0.3 is 5.11 Å². The van der Waals surface area contributed by atoms with E-state index in [-0.39, 0.29) is 6.10 Å². The summed E-state index contributed by atoms with van der Waals surface area (Å²) in [5, 5.41) is 9.25. The Labute approximate surface area is 143 Å². The van der Waals surface area contributed by atoms with E-state index in [0.29, 0.717) is 12.8 Å². The van der Waals surface area contributed by atoms with E-state index in [0.717, 1.165) is 64.2 Å². The van der Waals surface area contributed by atoms with Gasteiger partial charge in [-0.05, 0) is 25.7 Å². The first-order chi connectivity index (χ1) is 10.9. The maximum absolute atomic E-state index is 11.3. The van der Waals surface area contributed by atoms with Crippen LogP contribution in [0.5, 0.6) is 0 Å². The molecule has 4 nitrogen and oxygen atoms in total. The van der Waals surface area contributed by atoms with Crippen molar-refractivity contribution in [3.05, 3.63) is 0 Å². The summed E-state index contributed by atoms with van der Waals surface area (Å²) in [7, 11) is -3.89. The van der Waals surface area contributed by atoms with Crippen molar-refractivity contribution in [1.82, 2.24) is 0 Å². The van der Waals surface area contributed by atoms with Crippen LogP contribution < -0.4 is 0 Å². The van der Waals surface area contributed by atoms with Gasteiger partial charge in [0.1, 0.15) is 0 Å². The average Bonchev–Trinajstić information content (AvgIpc) is 2.48. The summed E-state index contributed by atoms with van der Waals surface area (Å²) in [6.07, 6.45) is 13.2. The van der Waals surface area contributed by atoms with E-state index < -0.39 is 15.4 Å². The Kier molecular flexibility index (Phi) is 14.2. The third kappa shape index (κ3) is 14.0. The molecule has 23 heavy (non-hydrogen) atoms. The fraction of sp³-hybridized carbons (Fsp3) is 1.00. The fourth-order valence-corrected chi connectivity index (χ4v) is 3.86. The smallest absolute Gasteiger partial charge is 0.267 e. The van der Waals surface area contributed by atoms with Gasteiger partial charge in [0.2, 0.25) is 0 Å². The van der Waals surface area contributed by atoms with Gasteiger partial charge in [-0.15, -0.1) is 0 Å². The molecule has 0 aromatic carbocycles. The van der Waals surface area contributed by atoms with Gasteiger partial charge in [-0.3, -0.25) is 4.55 Å². The van der Waals surface area contributed by atoms with Crippen molar-refractivity contribution < 1.29 is 18.1 Å². The molecule has 5 heteroatoms. The van der Waals surface area contributed by atoms with Crippen molar-refractivity contribution in [2.45, 2.75) is 115 Å². The second-order valence-electron chi connectivity index (χ2n) is 6.77. The summed E-state index contributed by atoms with van der Waals surface area (Å²) in [5.74, 6) is 0. The fourth-order valence-electron chi connectivity index (χ4n) is 2.93. The molecule has 0 amide bonds. The molecule has 0 aliphatic carbocycles. The van der Waals surface area contributed by atoms with Crippen LogP contribution >= 0.6 is 0 Å². The standard InChI is InChI=1S/C18H38O4S/c1-3-5-10-13-17(19)14-11-8-7-9-12-16-18(15-6-4-2)23(20,21)22/h17-19H,3-16H2,1-2H3,(H,20,21,22). The highest BCUT2D eigenvalue weighted by molar-refractivity contribution is 7.86. The topological polar surface area (TPSA) is 74.6 Å². The van der Waals surface area contributed by atoms with Crippen molar-refractivity contribution >= 4 is 10.1 Å². The highest BCUT2D eigenvalue weighted by atomic mass is 32.2. The Hall–Kier alpha value is -0.130. The summed E-state index contributed by atoms with van der Waals surface area (Å²) < 4.78 is 31.9. The zero-order valence-electron chi connectivity index (χ0n) is 15.2. The van der Waals surface area contributed by atoms with Gasteiger partial charge >= 0.3 is 0 Å². The molecule has 0 bridgehead atoms. The number of hydrogen-bond acceptors (Lipinski definition) is 3. The SMILES string of the molecule is CCCCCC(O)CCCCCCCC(CCCC)S(=O)(=O)O. The Morgan fingerprint density at radius 1 is 0.696 bits per heavy atom. The van der Waals surface area contributed by atoms with Crippen LogP contribution in [0.25, 0.3) is 0 Å². The molecular weight excluding hydrogens is 312 g/mol. The lowest BCUT2D eigenvalue weighted by molar-refractivity contribution is 0.147. The van der Waals surface area contributed by atoms with Gasteiger partial charge in [0.25, 0.3) is 10.1 Å². The molecule has 0 aliphatic heterocycles. The number of rotatable bonds is 16. The Morgan fingerprint density at radius 2 is 1.13 bits per heavy atom. The van der Waals surface area contributed by atoms with Crippen LogP contribution in [0.2, 0.25) is 0 Å². The van der Waals surface area contributed by atoms with Crippen LogP contribution in [-0.4, -0.2) is 29.4 Å². The largest absolute Gasteiger partial charge is 0.393 e. The third-order valence-corrected chi connectivity index (χ3v) is 5.82. The molecule has 2 N–H and O–H groups in total. The van der Waals surface area contributed by atoms with Gasteiger partial charge in [0.15, 0.2) is 0 Å². The molecule has 0 saturated heterocycles. The van der Waals surface area contributed by atoms with Crippen molar-refractivity contribution in [1.29, 1.82) is 0 Å². The Morgan fingerprint density at radius 3 is 1.65 bits per heavy atom. The molecule has 0 rings (SSSR count). The average molecular weight is 351 g/mol. The van der Waals surface area contributed by atoms with Crippen molar-refractivity contribution in [2.75, 3.05) is 0 Å². The minimum Gasteiger partial charge on any atom is -0.393 e. The van der Waals surface area contributed by atoms with Crippen molar-refractivity contribution in [2.24, 2.45) is 0 Å². The molecule has 0 saturated carbocycles. The minimum absolute atomic E-state index is 0.153. The van der Waals surface area contributed by atoms with E-state index in [4.69, 9.17) is 0 Å². The molecule has 140 valence electrons. The monoisotopic (exact) mass is 350 g/mol. The van der Waals surface area contributed by atoms with E-state index in [1.165, 1.54) is 12.8 Å². The van der Waals surface area contributed by atoms with Crippen LogP contribution in [0.3, 0.4) is 0 Å². The maximum Gasteiger partial charge on any atom is 0.267 e. The molecule has 0 radical (unpaired) electrons. The number of aliphatic hydroxyl groups excluding tert-OH is 1. The first kappa shape index (κ1) is 22.9. The van der Waals surface area contributed by atoms with Crippen LogP contribution in [0.4, 0.5) is 0 Å². The van der Waals surface area contributed by atoms with E-state index in [9.17, 15) is 18.1 Å². The van der Waals surface area contributed by atoms with Gasteiger partial charge in [-0.25, -0.2) is 0 Å². The summed E-state index contributed by atoms with van der Waals surface area (Å²) in [5.41, 5.74) is 0. The van der Waals surface area contributed by atoms with Gasteiger partial charge in [-0.2, -0.15) is 8.42 Å². The van der Waals surface area contributed by atoms with Crippen LogP contribution in [0.1, 0.15) is 104 Å². The van der Waals surface area contributed by atoms with Gasteiger partial charge in [0.05, 0.1) is 11.4 Å². The van der Waals surface area contributed by atoms with Crippen LogP contribution in [0.15, 0.2) is 0 Å². The predicted octanol–water partition coefficient (Wildman–Crippen LogP) is 5.10. The summed E-state index contributed by atoms with van der Waals surface area (Å²) >= 11 is 0. The second-order valence-corrected chi connectivity index (χ2v) is 8.47. The third-order valence-electron chi connectivity index (χ3n) is 4.51. The molecule has 2 unspecified atom stereocenters. The first-order valence-corrected chi connectivity index (χ1v) is 11.1. The molecule has 0 spiro atoms. The van der Waals surface area contributed by atoms with E-state index in [2.05, 4.69) is 6.92 Å². The van der Waals surface area contributed by atoms with Crippen LogP contribution in [-0.2, 0) is 10.1 Å². The van der Waals surface area contributed by atoms with Gasteiger partial charge in [-0.1, -0.05) is 78.1 Å². The lowest BCUT2D eigenvalue weighted by Crippen LogP contribution is -2.20. The van der Waals surface area contributed by atoms with Crippen molar-refractivity contribution in [3.63, 3.8) is 0 Å². The Balaban J connectivity index is 3.63. The number of hydrogen-bond donors (Lipinski definition) is 2. The number of aliphatic hydroxyl groups is 1. The van der Waals surface area contributed by atoms with Gasteiger partial charge in [0, 0.05) is 0 Å². The van der Waals surface area contributed by atoms with Crippen molar-refractivity contribution in [3.8, 4) is 0 Å². The highest BCUT2D eigenvalue weighted by Crippen LogP contribution is 2.18. The summed E-state index contributed by atoms with van der Waals surface area (Å²) in [4.78, 5) is 0. The molecule has 0 aromatic rings. The molecule has 0 fully saturated rings. The lowest BCUT2D eigenvalue weighted by atomic mass is 10.0. The molecule has 0 heterocycles. The maximum atomic E-state index is 11.3. The zero-order valence-corrected chi connectivity index (χ0v) is 16.0. The molecule has 2 atom stereocenters. The lowest BCUT2D eigenvalue weighted by Gasteiger charge is -2.13. The number of unbranched alkanes of at least 4 members (excludes halogenated alkanes) is 7. The zero-order chi connectivity index (χ0) is 17.6. The predicted molar refractivity (Wildman–Crippen MR) is 97.3 cm³/mol. The first-order valence-electron chi connectivity index (χ1n) is 9.56. The van der Waals surface area contributed by atoms with Crippen LogP contribution in [0, 0.1) is 0 Å². The molecule has 0 aromatic heterocycles. The Bertz CT molecular complexity index is 354. The summed E-state index contributed by atoms with van der Waals surface area (Å²) in [6, 6.07) is 0. The molecular formula is C18H38O4S. The molecule has 0 aliphatic rings. The van der Waals surface area contributed by atoms with E-state index >= 15 is 0 Å². The second kappa shape index (κ2) is 14.2. The quantitative estimate of drug-likeness (QED) is 0.300. The highest BCUT2D eigenvalue weighted by Gasteiger charge is 2.21. The summed E-state index contributed by atoms with van der Waals surface area (Å²) in [6.45, 7) is 4.19. The normalized spacial score (nSPS) is 14.8. The van der Waals surface area contributed by atoms with E-state index in [1.54, 1.807) is 0 Å².